The van der Waals surface area contributed by atoms with E-state index in [1.54, 1.807) is 50.4 Å². The fraction of sp³-hybridized carbons (Fsp3) is 0.350. The lowest BCUT2D eigenvalue weighted by atomic mass is 10.1. The Morgan fingerprint density at radius 2 is 1.86 bits per heavy atom. The van der Waals surface area contributed by atoms with E-state index < -0.39 is 9.84 Å². The third kappa shape index (κ3) is 7.05. The molecule has 0 saturated carbocycles. The highest BCUT2D eigenvalue weighted by atomic mass is 127. The van der Waals surface area contributed by atoms with E-state index in [1.807, 2.05) is 13.0 Å². The van der Waals surface area contributed by atoms with Gasteiger partial charge in [0.15, 0.2) is 15.8 Å². The molecule has 0 aliphatic heterocycles. The van der Waals surface area contributed by atoms with Gasteiger partial charge in [-0.05, 0) is 49.6 Å². The Balaban J connectivity index is 0.00000392. The highest BCUT2D eigenvalue weighted by Crippen LogP contribution is 2.16. The normalized spacial score (nSPS) is 12.8. The van der Waals surface area contributed by atoms with Crippen molar-refractivity contribution in [2.75, 3.05) is 19.3 Å². The van der Waals surface area contributed by atoms with Crippen LogP contribution in [0.25, 0.3) is 0 Å². The quantitative estimate of drug-likeness (QED) is 0.253. The van der Waals surface area contributed by atoms with Crippen molar-refractivity contribution in [3.8, 4) is 0 Å². The van der Waals surface area contributed by atoms with Gasteiger partial charge >= 0.3 is 0 Å². The molecule has 0 bridgehead atoms. The van der Waals surface area contributed by atoms with Crippen molar-refractivity contribution in [2.45, 2.75) is 31.2 Å². The van der Waals surface area contributed by atoms with Gasteiger partial charge in [-0.15, -0.1) is 24.0 Å². The maximum Gasteiger partial charge on any atom is 0.191 e. The number of guanidine groups is 1. The lowest BCUT2D eigenvalue weighted by Crippen LogP contribution is -2.39. The van der Waals surface area contributed by atoms with Gasteiger partial charge in [0.1, 0.15) is 5.82 Å². The highest BCUT2D eigenvalue weighted by molar-refractivity contribution is 14.0. The number of sulfone groups is 1. The molecule has 154 valence electrons. The summed E-state index contributed by atoms with van der Waals surface area (Å²) in [6, 6.07) is 13.4. The maximum atomic E-state index is 13.7. The molecule has 28 heavy (non-hydrogen) atoms. The summed E-state index contributed by atoms with van der Waals surface area (Å²) < 4.78 is 38.2. The van der Waals surface area contributed by atoms with Crippen molar-refractivity contribution in [1.29, 1.82) is 0 Å². The number of nitrogens with zero attached hydrogens (tertiary/aromatic N) is 1. The van der Waals surface area contributed by atoms with Gasteiger partial charge in [-0.2, -0.15) is 0 Å². The number of aliphatic imine (C=N–C) groups is 1. The zero-order valence-electron chi connectivity index (χ0n) is 16.3. The summed E-state index contributed by atoms with van der Waals surface area (Å²) in [5, 5.41) is 6.28. The molecule has 0 radical (unpaired) electrons. The van der Waals surface area contributed by atoms with Crippen LogP contribution < -0.4 is 10.6 Å². The number of benzene rings is 2. The predicted molar refractivity (Wildman–Crippen MR) is 123 cm³/mol. The Hall–Kier alpha value is -1.68. The van der Waals surface area contributed by atoms with Crippen LogP contribution in [0.3, 0.4) is 0 Å². The van der Waals surface area contributed by atoms with Crippen molar-refractivity contribution in [3.63, 3.8) is 0 Å². The molecule has 2 aromatic rings. The Bertz CT molecular complexity index is 890. The van der Waals surface area contributed by atoms with Gasteiger partial charge in [-0.25, -0.2) is 12.8 Å². The predicted octanol–water partition coefficient (Wildman–Crippen LogP) is 3.84. The van der Waals surface area contributed by atoms with E-state index in [-0.39, 0.29) is 41.6 Å². The molecule has 0 amide bonds. The van der Waals surface area contributed by atoms with Gasteiger partial charge in [0.05, 0.1) is 16.7 Å². The zero-order chi connectivity index (χ0) is 19.9. The second-order valence-corrected chi connectivity index (χ2v) is 8.47. The third-order valence-corrected chi connectivity index (χ3v) is 6.07. The molecule has 2 rings (SSSR count). The molecule has 8 heteroatoms. The van der Waals surface area contributed by atoms with Crippen LogP contribution in [0.15, 0.2) is 58.4 Å². The lowest BCUT2D eigenvalue weighted by molar-refractivity contribution is 0.592. The van der Waals surface area contributed by atoms with Crippen LogP contribution in [0.1, 0.15) is 30.5 Å². The minimum Gasteiger partial charge on any atom is -0.356 e. The summed E-state index contributed by atoms with van der Waals surface area (Å²) in [4.78, 5) is 4.47. The molecule has 2 N–H and O–H groups in total. The monoisotopic (exact) mass is 519 g/mol. The molecule has 1 unspecified atom stereocenters. The van der Waals surface area contributed by atoms with E-state index >= 15 is 0 Å². The summed E-state index contributed by atoms with van der Waals surface area (Å²) in [5.41, 5.74) is 1.42. The third-order valence-electron chi connectivity index (χ3n) is 4.26. The minimum atomic E-state index is -3.28. The van der Waals surface area contributed by atoms with E-state index in [2.05, 4.69) is 15.6 Å². The van der Waals surface area contributed by atoms with Crippen LogP contribution in [-0.4, -0.2) is 33.7 Å². The van der Waals surface area contributed by atoms with Crippen molar-refractivity contribution < 1.29 is 12.8 Å². The van der Waals surface area contributed by atoms with Gasteiger partial charge in [0.2, 0.25) is 0 Å². The number of aryl methyl sites for hydroxylation is 1. The van der Waals surface area contributed by atoms with E-state index in [0.717, 1.165) is 5.56 Å². The summed E-state index contributed by atoms with van der Waals surface area (Å²) >= 11 is 0. The molecule has 0 saturated heterocycles. The SMILES string of the molecule is CN=C(NCCCS(=O)(=O)c1ccccc1)NC(C)c1ccc(C)c(F)c1.I. The minimum absolute atomic E-state index is 0. The number of rotatable bonds is 7. The molecule has 0 fully saturated rings. The Morgan fingerprint density at radius 1 is 1.18 bits per heavy atom. The van der Waals surface area contributed by atoms with E-state index in [4.69, 9.17) is 0 Å². The second-order valence-electron chi connectivity index (χ2n) is 6.36. The molecular formula is C20H27FIN3O2S. The Labute approximate surface area is 183 Å². The molecule has 0 aliphatic rings. The molecule has 2 aromatic carbocycles. The molecule has 0 aromatic heterocycles. The highest BCUT2D eigenvalue weighted by Gasteiger charge is 2.14. The average molecular weight is 519 g/mol. The first-order valence-corrected chi connectivity index (χ1v) is 10.5. The fourth-order valence-electron chi connectivity index (χ4n) is 2.58. The van der Waals surface area contributed by atoms with Gasteiger partial charge < -0.3 is 10.6 Å². The number of nitrogens with one attached hydrogen (secondary N) is 2. The van der Waals surface area contributed by atoms with Crippen molar-refractivity contribution in [1.82, 2.24) is 10.6 Å². The zero-order valence-corrected chi connectivity index (χ0v) is 19.4. The number of hydrogen-bond donors (Lipinski definition) is 2. The molecular weight excluding hydrogens is 492 g/mol. The maximum absolute atomic E-state index is 13.7. The topological polar surface area (TPSA) is 70.6 Å². The molecule has 0 heterocycles. The smallest absolute Gasteiger partial charge is 0.191 e. The van der Waals surface area contributed by atoms with Crippen LogP contribution >= 0.6 is 24.0 Å². The first-order chi connectivity index (χ1) is 12.8. The largest absolute Gasteiger partial charge is 0.356 e. The Morgan fingerprint density at radius 3 is 2.46 bits per heavy atom. The molecule has 0 spiro atoms. The van der Waals surface area contributed by atoms with Crippen LogP contribution in [-0.2, 0) is 9.84 Å². The van der Waals surface area contributed by atoms with Crippen LogP contribution in [0.4, 0.5) is 4.39 Å². The van der Waals surface area contributed by atoms with Crippen molar-refractivity contribution in [2.24, 2.45) is 4.99 Å². The first kappa shape index (κ1) is 24.4. The summed E-state index contributed by atoms with van der Waals surface area (Å²) in [6.45, 7) is 4.10. The van der Waals surface area contributed by atoms with Gasteiger partial charge in [-0.1, -0.05) is 30.3 Å². The van der Waals surface area contributed by atoms with Crippen LogP contribution in [0, 0.1) is 12.7 Å². The Kier molecular flexibility index (Phi) is 9.88. The molecule has 1 atom stereocenters. The first-order valence-electron chi connectivity index (χ1n) is 8.84. The van der Waals surface area contributed by atoms with E-state index in [9.17, 15) is 12.8 Å². The van der Waals surface area contributed by atoms with Crippen LogP contribution in [0.2, 0.25) is 0 Å². The van der Waals surface area contributed by atoms with E-state index in [1.165, 1.54) is 6.07 Å². The lowest BCUT2D eigenvalue weighted by Gasteiger charge is -2.18. The molecule has 0 aliphatic carbocycles. The van der Waals surface area contributed by atoms with Gasteiger partial charge in [0, 0.05) is 13.6 Å². The van der Waals surface area contributed by atoms with E-state index in [0.29, 0.717) is 29.4 Å². The summed E-state index contributed by atoms with van der Waals surface area (Å²) in [5.74, 6) is 0.357. The van der Waals surface area contributed by atoms with Gasteiger partial charge in [-0.3, -0.25) is 4.99 Å². The average Bonchev–Trinajstić information content (AvgIpc) is 2.66. The number of halogens is 2. The molecule has 5 nitrogen and oxygen atoms in total. The summed E-state index contributed by atoms with van der Waals surface area (Å²) in [6.07, 6.45) is 0.450. The summed E-state index contributed by atoms with van der Waals surface area (Å²) in [7, 11) is -1.64. The standard InChI is InChI=1S/C20H26FN3O2S.HI/c1-15-10-11-17(14-19(15)21)16(2)24-20(22-3)23-12-7-13-27(25,26)18-8-5-4-6-9-18;/h4-6,8-11,14,16H,7,12-13H2,1-3H3,(H2,22,23,24);1H. The van der Waals surface area contributed by atoms with Crippen molar-refractivity contribution >= 4 is 39.8 Å². The second kappa shape index (κ2) is 11.4. The fourth-order valence-corrected chi connectivity index (χ4v) is 3.91. The van der Waals surface area contributed by atoms with Crippen molar-refractivity contribution in [3.05, 3.63) is 65.5 Å². The van der Waals surface area contributed by atoms with Gasteiger partial charge in [0.25, 0.3) is 0 Å². The number of hydrogen-bond acceptors (Lipinski definition) is 3. The van der Waals surface area contributed by atoms with Crippen LogP contribution in [0.5, 0.6) is 0 Å².